The van der Waals surface area contributed by atoms with Crippen molar-refractivity contribution in [3.05, 3.63) is 23.9 Å². The number of hydrogen-bond acceptors (Lipinski definition) is 4. The van der Waals surface area contributed by atoms with Gasteiger partial charge in [-0.25, -0.2) is 4.98 Å². The zero-order chi connectivity index (χ0) is 18.0. The SMILES string of the molecule is COc1cc(C(=O)N2CCC(=O)N(CC3CC3)[C@H](C(C)C)C2)ccn1. The van der Waals surface area contributed by atoms with Crippen LogP contribution in [0, 0.1) is 11.8 Å². The lowest BCUT2D eigenvalue weighted by atomic mass is 10.0. The van der Waals surface area contributed by atoms with Crippen LogP contribution in [-0.4, -0.2) is 59.4 Å². The predicted octanol–water partition coefficient (Wildman–Crippen LogP) is 2.20. The van der Waals surface area contributed by atoms with Gasteiger partial charge in [-0.05, 0) is 30.7 Å². The van der Waals surface area contributed by atoms with Crippen molar-refractivity contribution in [2.45, 2.75) is 39.2 Å². The number of hydrogen-bond donors (Lipinski definition) is 0. The zero-order valence-electron chi connectivity index (χ0n) is 15.3. The Morgan fingerprint density at radius 3 is 2.80 bits per heavy atom. The first-order valence-electron chi connectivity index (χ1n) is 9.08. The highest BCUT2D eigenvalue weighted by Crippen LogP contribution is 2.32. The molecule has 1 saturated carbocycles. The summed E-state index contributed by atoms with van der Waals surface area (Å²) in [6.45, 7) is 6.14. The Kier molecular flexibility index (Phi) is 5.25. The highest BCUT2D eigenvalue weighted by Gasteiger charge is 2.36. The minimum Gasteiger partial charge on any atom is -0.481 e. The average Bonchev–Trinajstić information content (AvgIpc) is 3.44. The molecule has 1 aromatic heterocycles. The van der Waals surface area contributed by atoms with Gasteiger partial charge in [-0.1, -0.05) is 13.8 Å². The number of nitrogens with zero attached hydrogens (tertiary/aromatic N) is 3. The van der Waals surface area contributed by atoms with Crippen LogP contribution in [0.15, 0.2) is 18.3 Å². The van der Waals surface area contributed by atoms with Crippen LogP contribution >= 0.6 is 0 Å². The van der Waals surface area contributed by atoms with E-state index in [0.717, 1.165) is 6.54 Å². The van der Waals surface area contributed by atoms with Crippen molar-refractivity contribution >= 4 is 11.8 Å². The van der Waals surface area contributed by atoms with E-state index < -0.39 is 0 Å². The lowest BCUT2D eigenvalue weighted by Crippen LogP contribution is -2.48. The maximum Gasteiger partial charge on any atom is 0.254 e. The quantitative estimate of drug-likeness (QED) is 0.821. The second-order valence-corrected chi connectivity index (χ2v) is 7.39. The molecule has 0 spiro atoms. The first-order valence-corrected chi connectivity index (χ1v) is 9.08. The molecule has 25 heavy (non-hydrogen) atoms. The third kappa shape index (κ3) is 4.11. The van der Waals surface area contributed by atoms with Crippen LogP contribution in [0.5, 0.6) is 5.88 Å². The molecule has 0 radical (unpaired) electrons. The van der Waals surface area contributed by atoms with E-state index in [9.17, 15) is 9.59 Å². The fourth-order valence-electron chi connectivity index (χ4n) is 3.38. The van der Waals surface area contributed by atoms with Gasteiger partial charge in [-0.2, -0.15) is 0 Å². The Morgan fingerprint density at radius 2 is 2.16 bits per heavy atom. The van der Waals surface area contributed by atoms with Crippen LogP contribution in [0.1, 0.15) is 43.5 Å². The number of ether oxygens (including phenoxy) is 1. The zero-order valence-corrected chi connectivity index (χ0v) is 15.3. The van der Waals surface area contributed by atoms with Crippen molar-refractivity contribution in [3.63, 3.8) is 0 Å². The van der Waals surface area contributed by atoms with E-state index in [-0.39, 0.29) is 17.9 Å². The Balaban J connectivity index is 1.79. The summed E-state index contributed by atoms with van der Waals surface area (Å²) in [6.07, 6.45) is 4.40. The monoisotopic (exact) mass is 345 g/mol. The molecule has 1 saturated heterocycles. The van der Waals surface area contributed by atoms with Gasteiger partial charge >= 0.3 is 0 Å². The van der Waals surface area contributed by atoms with Crippen LogP contribution in [0.4, 0.5) is 0 Å². The molecule has 0 N–H and O–H groups in total. The highest BCUT2D eigenvalue weighted by atomic mass is 16.5. The summed E-state index contributed by atoms with van der Waals surface area (Å²) in [6, 6.07) is 3.42. The molecule has 6 nitrogen and oxygen atoms in total. The molecule has 6 heteroatoms. The van der Waals surface area contributed by atoms with Crippen molar-refractivity contribution in [2.24, 2.45) is 11.8 Å². The Labute approximate surface area is 149 Å². The van der Waals surface area contributed by atoms with Crippen molar-refractivity contribution in [3.8, 4) is 5.88 Å². The summed E-state index contributed by atoms with van der Waals surface area (Å²) in [5.41, 5.74) is 0.553. The number of methoxy groups -OCH3 is 1. The van der Waals surface area contributed by atoms with Crippen molar-refractivity contribution in [1.82, 2.24) is 14.8 Å². The Bertz CT molecular complexity index is 643. The number of carbonyl (C=O) groups is 2. The second-order valence-electron chi connectivity index (χ2n) is 7.39. The smallest absolute Gasteiger partial charge is 0.254 e. The van der Waals surface area contributed by atoms with Gasteiger partial charge in [0.05, 0.1) is 13.2 Å². The molecule has 2 amide bonds. The topological polar surface area (TPSA) is 62.7 Å². The van der Waals surface area contributed by atoms with E-state index >= 15 is 0 Å². The molecule has 136 valence electrons. The summed E-state index contributed by atoms with van der Waals surface area (Å²) in [7, 11) is 1.53. The van der Waals surface area contributed by atoms with Crippen LogP contribution in [0.2, 0.25) is 0 Å². The largest absolute Gasteiger partial charge is 0.481 e. The molecule has 0 aromatic carbocycles. The first kappa shape index (κ1) is 17.7. The fraction of sp³-hybridized carbons (Fsp3) is 0.632. The molecule has 2 aliphatic rings. The average molecular weight is 345 g/mol. The van der Waals surface area contributed by atoms with Gasteiger partial charge in [0, 0.05) is 43.9 Å². The molecule has 0 unspecified atom stereocenters. The Morgan fingerprint density at radius 1 is 1.40 bits per heavy atom. The molecule has 1 atom stereocenters. The molecule has 0 bridgehead atoms. The molecule has 3 rings (SSSR count). The van der Waals surface area contributed by atoms with Crippen LogP contribution in [0.25, 0.3) is 0 Å². The lowest BCUT2D eigenvalue weighted by molar-refractivity contribution is -0.133. The van der Waals surface area contributed by atoms with Gasteiger partial charge in [0.1, 0.15) is 0 Å². The standard InChI is InChI=1S/C19H27N3O3/c1-13(2)16-12-21(9-7-18(23)22(16)11-14-4-5-14)19(24)15-6-8-20-17(10-15)25-3/h6,8,10,13-14,16H,4-5,7,9,11-12H2,1-3H3/t16-/m0/s1. The maximum absolute atomic E-state index is 12.9. The molecule has 1 aromatic rings. The number of aromatic nitrogens is 1. The van der Waals surface area contributed by atoms with E-state index in [1.807, 2.05) is 9.80 Å². The maximum atomic E-state index is 12.9. The third-order valence-corrected chi connectivity index (χ3v) is 5.12. The minimum atomic E-state index is -0.0626. The summed E-state index contributed by atoms with van der Waals surface area (Å²) >= 11 is 0. The first-order chi connectivity index (χ1) is 12.0. The normalized spacial score (nSPS) is 21.4. The van der Waals surface area contributed by atoms with Gasteiger partial charge in [0.2, 0.25) is 11.8 Å². The summed E-state index contributed by atoms with van der Waals surface area (Å²) < 4.78 is 5.12. The molecule has 1 aliphatic heterocycles. The van der Waals surface area contributed by atoms with Crippen molar-refractivity contribution in [2.75, 3.05) is 26.7 Å². The summed E-state index contributed by atoms with van der Waals surface area (Å²) in [4.78, 5) is 33.5. The van der Waals surface area contributed by atoms with Crippen LogP contribution < -0.4 is 4.74 Å². The summed E-state index contributed by atoms with van der Waals surface area (Å²) in [5.74, 6) is 1.49. The number of pyridine rings is 1. The van der Waals surface area contributed by atoms with E-state index in [1.54, 1.807) is 18.3 Å². The van der Waals surface area contributed by atoms with Crippen molar-refractivity contribution in [1.29, 1.82) is 0 Å². The molecular formula is C19H27N3O3. The predicted molar refractivity (Wildman–Crippen MR) is 94.4 cm³/mol. The molecule has 2 fully saturated rings. The van der Waals surface area contributed by atoms with Gasteiger partial charge < -0.3 is 14.5 Å². The number of rotatable bonds is 5. The van der Waals surface area contributed by atoms with Crippen LogP contribution in [-0.2, 0) is 4.79 Å². The Hall–Kier alpha value is -2.11. The van der Waals surface area contributed by atoms with Crippen LogP contribution in [0.3, 0.4) is 0 Å². The number of amides is 2. The molecular weight excluding hydrogens is 318 g/mol. The number of carbonyl (C=O) groups excluding carboxylic acids is 2. The van der Waals surface area contributed by atoms with E-state index in [4.69, 9.17) is 4.74 Å². The van der Waals surface area contributed by atoms with Gasteiger partial charge in [-0.15, -0.1) is 0 Å². The lowest BCUT2D eigenvalue weighted by Gasteiger charge is -2.34. The van der Waals surface area contributed by atoms with E-state index in [1.165, 1.54) is 20.0 Å². The van der Waals surface area contributed by atoms with E-state index in [2.05, 4.69) is 18.8 Å². The molecule has 2 heterocycles. The highest BCUT2D eigenvalue weighted by molar-refractivity contribution is 5.95. The minimum absolute atomic E-state index is 0.0626. The van der Waals surface area contributed by atoms with E-state index in [0.29, 0.717) is 42.8 Å². The summed E-state index contributed by atoms with van der Waals surface area (Å²) in [5, 5.41) is 0. The van der Waals surface area contributed by atoms with Gasteiger partial charge in [0.25, 0.3) is 5.91 Å². The van der Waals surface area contributed by atoms with Gasteiger partial charge in [0.15, 0.2) is 0 Å². The second kappa shape index (κ2) is 7.42. The van der Waals surface area contributed by atoms with Crippen molar-refractivity contribution < 1.29 is 14.3 Å². The molecule has 1 aliphatic carbocycles. The third-order valence-electron chi connectivity index (χ3n) is 5.12. The van der Waals surface area contributed by atoms with Gasteiger partial charge in [-0.3, -0.25) is 9.59 Å². The fourth-order valence-corrected chi connectivity index (χ4v) is 3.38.